The smallest absolute Gasteiger partial charge is 0.423 e. The number of likely N-dealkylation sites (N-methyl/N-ethyl adjacent to an activating group) is 1. The van der Waals surface area contributed by atoms with Gasteiger partial charge in [0.2, 0.25) is 0 Å². The molecule has 0 aliphatic heterocycles. The average molecular weight is 264 g/mol. The van der Waals surface area contributed by atoms with Crippen LogP contribution in [0.15, 0.2) is 29.4 Å². The molecule has 1 amide bonds. The van der Waals surface area contributed by atoms with Crippen molar-refractivity contribution in [1.82, 2.24) is 5.43 Å². The molecule has 0 spiro atoms. The van der Waals surface area contributed by atoms with Crippen molar-refractivity contribution in [3.63, 3.8) is 0 Å². The molecule has 6 nitrogen and oxygen atoms in total. The summed E-state index contributed by atoms with van der Waals surface area (Å²) in [5.74, 6) is -0.179. The van der Waals surface area contributed by atoms with Crippen molar-refractivity contribution in [2.24, 2.45) is 5.10 Å². The first-order valence-electron chi connectivity index (χ1n) is 5.86. The van der Waals surface area contributed by atoms with Gasteiger partial charge in [0, 0.05) is 0 Å². The highest BCUT2D eigenvalue weighted by Gasteiger charge is 2.13. The third kappa shape index (κ3) is 6.14. The first-order valence-corrected chi connectivity index (χ1v) is 5.86. The third-order valence-electron chi connectivity index (χ3n) is 2.23. The van der Waals surface area contributed by atoms with E-state index in [-0.39, 0.29) is 5.91 Å². The van der Waals surface area contributed by atoms with Crippen LogP contribution >= 0.6 is 0 Å². The normalized spacial score (nSPS) is 11.6. The Morgan fingerprint density at radius 3 is 2.68 bits per heavy atom. The molecule has 7 heteroatoms. The molecule has 0 heterocycles. The maximum atomic E-state index is 11.5. The van der Waals surface area contributed by atoms with Gasteiger partial charge in [0.25, 0.3) is 5.91 Å². The van der Waals surface area contributed by atoms with Crippen molar-refractivity contribution in [3.05, 3.63) is 29.8 Å². The second-order valence-corrected chi connectivity index (χ2v) is 5.29. The van der Waals surface area contributed by atoms with Crippen LogP contribution in [0.3, 0.4) is 0 Å². The number of rotatable bonds is 5. The van der Waals surface area contributed by atoms with E-state index in [1.54, 1.807) is 24.3 Å². The van der Waals surface area contributed by atoms with Gasteiger partial charge in [-0.05, 0) is 11.0 Å². The highest BCUT2D eigenvalue weighted by Crippen LogP contribution is 1.93. The Balaban J connectivity index is 2.58. The van der Waals surface area contributed by atoms with Crippen LogP contribution in [0.2, 0.25) is 0 Å². The first kappa shape index (κ1) is 15.4. The second kappa shape index (κ2) is 6.47. The molecular weight excluding hydrogens is 245 g/mol. The minimum atomic E-state index is -1.51. The summed E-state index contributed by atoms with van der Waals surface area (Å²) < 4.78 is 0.521. The van der Waals surface area contributed by atoms with Crippen molar-refractivity contribution >= 4 is 24.7 Å². The topological polar surface area (TPSA) is 81.9 Å². The predicted molar refractivity (Wildman–Crippen MR) is 74.9 cm³/mol. The maximum Gasteiger partial charge on any atom is 0.488 e. The fraction of sp³-hybridized carbons (Fsp3) is 0.333. The summed E-state index contributed by atoms with van der Waals surface area (Å²) >= 11 is 0. The molecular formula is C12H19BN3O3+. The van der Waals surface area contributed by atoms with E-state index in [4.69, 9.17) is 10.0 Å². The van der Waals surface area contributed by atoms with E-state index in [2.05, 4.69) is 10.5 Å². The monoisotopic (exact) mass is 264 g/mol. The summed E-state index contributed by atoms with van der Waals surface area (Å²) in [6.07, 6.45) is 1.46. The molecule has 19 heavy (non-hydrogen) atoms. The van der Waals surface area contributed by atoms with Crippen molar-refractivity contribution in [2.45, 2.75) is 0 Å². The van der Waals surface area contributed by atoms with Gasteiger partial charge in [-0.1, -0.05) is 24.3 Å². The highest BCUT2D eigenvalue weighted by molar-refractivity contribution is 6.58. The Bertz CT molecular complexity index is 470. The van der Waals surface area contributed by atoms with Gasteiger partial charge in [-0.15, -0.1) is 0 Å². The predicted octanol–water partition coefficient (Wildman–Crippen LogP) is -1.48. The van der Waals surface area contributed by atoms with Crippen LogP contribution in [0.4, 0.5) is 0 Å². The summed E-state index contributed by atoms with van der Waals surface area (Å²) in [6.45, 7) is 0.326. The van der Waals surface area contributed by atoms with E-state index < -0.39 is 7.12 Å². The minimum absolute atomic E-state index is 0.179. The van der Waals surface area contributed by atoms with Gasteiger partial charge in [0.05, 0.1) is 27.4 Å². The number of quaternary nitrogens is 1. The lowest BCUT2D eigenvalue weighted by Gasteiger charge is -2.21. The Morgan fingerprint density at radius 1 is 1.42 bits per heavy atom. The van der Waals surface area contributed by atoms with E-state index in [1.165, 1.54) is 6.21 Å². The third-order valence-corrected chi connectivity index (χ3v) is 2.23. The molecule has 0 aromatic heterocycles. The molecule has 1 aromatic carbocycles. The van der Waals surface area contributed by atoms with Gasteiger partial charge in [-0.3, -0.25) is 4.79 Å². The molecule has 0 bridgehead atoms. The van der Waals surface area contributed by atoms with Gasteiger partial charge < -0.3 is 14.5 Å². The van der Waals surface area contributed by atoms with Gasteiger partial charge in [-0.2, -0.15) is 5.10 Å². The van der Waals surface area contributed by atoms with Gasteiger partial charge in [0.1, 0.15) is 0 Å². The van der Waals surface area contributed by atoms with Crippen molar-refractivity contribution in [3.8, 4) is 0 Å². The highest BCUT2D eigenvalue weighted by atomic mass is 16.4. The van der Waals surface area contributed by atoms with E-state index >= 15 is 0 Å². The summed E-state index contributed by atoms with van der Waals surface area (Å²) in [6, 6.07) is 6.61. The van der Waals surface area contributed by atoms with E-state index in [9.17, 15) is 4.79 Å². The Hall–Kier alpha value is -1.70. The fourth-order valence-corrected chi connectivity index (χ4v) is 1.44. The summed E-state index contributed by atoms with van der Waals surface area (Å²) in [7, 11) is 4.22. The summed E-state index contributed by atoms with van der Waals surface area (Å²) in [5, 5.41) is 21.9. The average Bonchev–Trinajstić information content (AvgIpc) is 2.27. The van der Waals surface area contributed by atoms with Gasteiger partial charge in [-0.25, -0.2) is 5.43 Å². The molecule has 0 saturated heterocycles. The van der Waals surface area contributed by atoms with Gasteiger partial charge >= 0.3 is 7.12 Å². The number of carbonyl (C=O) groups excluding carboxylic acids is 1. The number of benzene rings is 1. The Morgan fingerprint density at radius 2 is 2.11 bits per heavy atom. The summed E-state index contributed by atoms with van der Waals surface area (Å²) in [5.41, 5.74) is 3.48. The maximum absolute atomic E-state index is 11.5. The molecule has 0 atom stereocenters. The lowest BCUT2D eigenvalue weighted by atomic mass is 9.80. The Labute approximate surface area is 113 Å². The molecule has 0 fully saturated rings. The van der Waals surface area contributed by atoms with Crippen molar-refractivity contribution in [1.29, 1.82) is 0 Å². The minimum Gasteiger partial charge on any atom is -0.423 e. The van der Waals surface area contributed by atoms with Crippen molar-refractivity contribution < 1.29 is 19.3 Å². The number of hydrogen-bond acceptors (Lipinski definition) is 4. The SMILES string of the molecule is C[N+](C)(C)CC(=O)N/N=C\c1cccc(B(O)O)c1. The molecule has 3 N–H and O–H groups in total. The largest absolute Gasteiger partial charge is 0.488 e. The molecule has 0 aliphatic rings. The lowest BCUT2D eigenvalue weighted by Crippen LogP contribution is -2.43. The molecule has 102 valence electrons. The number of hydrogen-bond donors (Lipinski definition) is 3. The lowest BCUT2D eigenvalue weighted by molar-refractivity contribution is -0.862. The fourth-order valence-electron chi connectivity index (χ4n) is 1.44. The van der Waals surface area contributed by atoms with Crippen LogP contribution in [0.25, 0.3) is 0 Å². The van der Waals surface area contributed by atoms with Crippen LogP contribution in [0.5, 0.6) is 0 Å². The Kier molecular flexibility index (Phi) is 5.23. The molecule has 0 unspecified atom stereocenters. The number of amides is 1. The quantitative estimate of drug-likeness (QED) is 0.262. The van der Waals surface area contributed by atoms with E-state index in [0.29, 0.717) is 22.1 Å². The van der Waals surface area contributed by atoms with Gasteiger partial charge in [0.15, 0.2) is 6.54 Å². The zero-order chi connectivity index (χ0) is 14.5. The van der Waals surface area contributed by atoms with Crippen LogP contribution in [-0.4, -0.2) is 61.5 Å². The number of hydrazone groups is 1. The molecule has 0 radical (unpaired) electrons. The molecule has 1 aromatic rings. The van der Waals surface area contributed by atoms with Crippen LogP contribution in [0, 0.1) is 0 Å². The molecule has 1 rings (SSSR count). The van der Waals surface area contributed by atoms with E-state index in [0.717, 1.165) is 0 Å². The van der Waals surface area contributed by atoms with Crippen LogP contribution in [-0.2, 0) is 4.79 Å². The van der Waals surface area contributed by atoms with Crippen molar-refractivity contribution in [2.75, 3.05) is 27.7 Å². The summed E-state index contributed by atoms with van der Waals surface area (Å²) in [4.78, 5) is 11.5. The second-order valence-electron chi connectivity index (χ2n) is 5.29. The van der Waals surface area contributed by atoms with E-state index in [1.807, 2.05) is 21.1 Å². The zero-order valence-electron chi connectivity index (χ0n) is 11.4. The number of carbonyl (C=O) groups is 1. The molecule has 0 aliphatic carbocycles. The van der Waals surface area contributed by atoms with Crippen LogP contribution in [0.1, 0.15) is 5.56 Å². The number of nitrogens with one attached hydrogen (secondary N) is 1. The first-order chi connectivity index (χ1) is 8.78. The number of nitrogens with zero attached hydrogens (tertiary/aromatic N) is 2. The zero-order valence-corrected chi connectivity index (χ0v) is 11.4. The standard InChI is InChI=1S/C12H18BN3O3/c1-16(2,3)9-12(17)15-14-8-10-5-4-6-11(7-10)13(18)19/h4-8,18-19H,9H2,1-3H3/p+1/b14-8-. The van der Waals surface area contributed by atoms with Crippen LogP contribution < -0.4 is 10.9 Å². The molecule has 0 saturated carbocycles.